The maximum atomic E-state index is 10.6. The van der Waals surface area contributed by atoms with E-state index in [4.69, 9.17) is 4.55 Å². The Morgan fingerprint density at radius 1 is 1.22 bits per heavy atom. The van der Waals surface area contributed by atoms with Crippen LogP contribution in [0.1, 0.15) is 5.56 Å². The summed E-state index contributed by atoms with van der Waals surface area (Å²) in [6.07, 6.45) is 0. The third-order valence-corrected chi connectivity index (χ3v) is 5.19. The van der Waals surface area contributed by atoms with Crippen LogP contribution in [-0.2, 0) is 14.6 Å². The lowest BCUT2D eigenvalue weighted by Gasteiger charge is -2.19. The van der Waals surface area contributed by atoms with Crippen molar-refractivity contribution in [2.75, 3.05) is 25.1 Å². The van der Waals surface area contributed by atoms with Crippen molar-refractivity contribution in [3.8, 4) is 0 Å². The van der Waals surface area contributed by atoms with Gasteiger partial charge >= 0.3 is 10.4 Å². The molecule has 0 aliphatic rings. The summed E-state index contributed by atoms with van der Waals surface area (Å²) < 4.78 is 35.1. The molecule has 2 aromatic carbocycles. The Kier molecular flexibility index (Phi) is 5.80. The first-order valence-electron chi connectivity index (χ1n) is 8.03. The number of likely N-dealkylation sites (N-methyl/N-ethyl adjacent to an activating group) is 1. The number of benzene rings is 2. The quantitative estimate of drug-likeness (QED) is 0.464. The smallest absolute Gasteiger partial charge is 0.372 e. The maximum absolute atomic E-state index is 10.6. The highest BCUT2D eigenvalue weighted by Gasteiger charge is 2.08. The van der Waals surface area contributed by atoms with Crippen LogP contribution >= 0.6 is 11.3 Å². The molecule has 0 saturated heterocycles. The van der Waals surface area contributed by atoms with Gasteiger partial charge in [0.05, 0.1) is 22.5 Å². The molecular weight excluding hydrogens is 388 g/mol. The predicted molar refractivity (Wildman–Crippen MR) is 106 cm³/mol. The van der Waals surface area contributed by atoms with Gasteiger partial charge in [0.25, 0.3) is 0 Å². The van der Waals surface area contributed by atoms with Gasteiger partial charge in [-0.05, 0) is 42.8 Å². The summed E-state index contributed by atoms with van der Waals surface area (Å²) >= 11 is 1.48. The van der Waals surface area contributed by atoms with Crippen LogP contribution in [0.15, 0.2) is 52.7 Å². The van der Waals surface area contributed by atoms with E-state index in [2.05, 4.69) is 19.4 Å². The largest absolute Gasteiger partial charge is 0.397 e. The molecule has 0 aliphatic heterocycles. The number of fused-ring (bicyclic) bond motifs is 1. The number of aromatic nitrogens is 1. The van der Waals surface area contributed by atoms with Gasteiger partial charge in [0.15, 0.2) is 0 Å². The first-order chi connectivity index (χ1) is 12.8. The molecule has 10 heteroatoms. The van der Waals surface area contributed by atoms with E-state index >= 15 is 0 Å². The number of azo groups is 1. The molecule has 142 valence electrons. The molecule has 8 nitrogen and oxygen atoms in total. The van der Waals surface area contributed by atoms with Gasteiger partial charge in [-0.25, -0.2) is 9.17 Å². The van der Waals surface area contributed by atoms with E-state index in [1.165, 1.54) is 11.3 Å². The molecule has 0 amide bonds. The van der Waals surface area contributed by atoms with E-state index in [1.807, 2.05) is 54.3 Å². The second-order valence-corrected chi connectivity index (χ2v) is 7.91. The van der Waals surface area contributed by atoms with Crippen molar-refractivity contribution in [3.63, 3.8) is 0 Å². The zero-order valence-electron chi connectivity index (χ0n) is 14.7. The number of anilines is 1. The number of rotatable bonds is 7. The Bertz CT molecular complexity index is 1050. The number of thiazole rings is 1. The molecule has 1 heterocycles. The average molecular weight is 406 g/mol. The third-order valence-electron chi connectivity index (χ3n) is 3.81. The van der Waals surface area contributed by atoms with Gasteiger partial charge in [0.1, 0.15) is 0 Å². The van der Waals surface area contributed by atoms with Crippen molar-refractivity contribution in [3.05, 3.63) is 48.0 Å². The molecule has 1 aromatic heterocycles. The molecule has 0 bridgehead atoms. The predicted octanol–water partition coefficient (Wildman–Crippen LogP) is 4.28. The molecule has 0 fully saturated rings. The first-order valence-corrected chi connectivity index (χ1v) is 10.2. The number of aryl methyl sites for hydroxylation is 1. The molecule has 0 radical (unpaired) electrons. The van der Waals surface area contributed by atoms with Crippen LogP contribution in [0, 0.1) is 6.92 Å². The summed E-state index contributed by atoms with van der Waals surface area (Å²) in [6, 6.07) is 13.4. The van der Waals surface area contributed by atoms with Crippen LogP contribution in [0.2, 0.25) is 0 Å². The summed E-state index contributed by atoms with van der Waals surface area (Å²) in [6.45, 7) is 2.07. The summed E-state index contributed by atoms with van der Waals surface area (Å²) in [5.74, 6) is 0. The van der Waals surface area contributed by atoms with Crippen molar-refractivity contribution in [2.45, 2.75) is 6.92 Å². The van der Waals surface area contributed by atoms with Crippen LogP contribution < -0.4 is 4.90 Å². The summed E-state index contributed by atoms with van der Waals surface area (Å²) in [4.78, 5) is 6.24. The number of hydrogen-bond donors (Lipinski definition) is 1. The second-order valence-electron chi connectivity index (χ2n) is 5.81. The molecule has 0 saturated carbocycles. The highest BCUT2D eigenvalue weighted by atomic mass is 32.3. The van der Waals surface area contributed by atoms with E-state index in [0.29, 0.717) is 11.7 Å². The molecule has 0 atom stereocenters. The van der Waals surface area contributed by atoms with Crippen LogP contribution in [0.25, 0.3) is 10.2 Å². The lowest BCUT2D eigenvalue weighted by molar-refractivity contribution is 0.274. The minimum Gasteiger partial charge on any atom is -0.372 e. The molecule has 0 aliphatic carbocycles. The van der Waals surface area contributed by atoms with E-state index in [0.717, 1.165) is 27.2 Å². The minimum atomic E-state index is -4.42. The zero-order valence-corrected chi connectivity index (χ0v) is 16.4. The fraction of sp³-hybridized carbons (Fsp3) is 0.235. The molecule has 27 heavy (non-hydrogen) atoms. The van der Waals surface area contributed by atoms with Gasteiger partial charge in [-0.1, -0.05) is 23.5 Å². The van der Waals surface area contributed by atoms with E-state index < -0.39 is 10.4 Å². The lowest BCUT2D eigenvalue weighted by atomic mass is 10.1. The van der Waals surface area contributed by atoms with Crippen molar-refractivity contribution >= 4 is 48.5 Å². The van der Waals surface area contributed by atoms with Crippen molar-refractivity contribution in [2.24, 2.45) is 10.2 Å². The van der Waals surface area contributed by atoms with Gasteiger partial charge in [0, 0.05) is 19.3 Å². The van der Waals surface area contributed by atoms with Gasteiger partial charge in [-0.15, -0.1) is 10.2 Å². The lowest BCUT2D eigenvalue weighted by Crippen LogP contribution is -2.23. The third kappa shape index (κ3) is 5.30. The Hall–Kier alpha value is -2.40. The Morgan fingerprint density at radius 3 is 2.70 bits per heavy atom. The van der Waals surface area contributed by atoms with Crippen molar-refractivity contribution in [1.29, 1.82) is 0 Å². The van der Waals surface area contributed by atoms with Crippen LogP contribution in [0.5, 0.6) is 0 Å². The normalized spacial score (nSPS) is 12.1. The Balaban J connectivity index is 1.68. The summed E-state index contributed by atoms with van der Waals surface area (Å²) in [5, 5.41) is 9.11. The average Bonchev–Trinajstić information content (AvgIpc) is 3.02. The first kappa shape index (κ1) is 19.4. The standard InChI is InChI=1S/C17H18N4O4S2/c1-12-11-13(21(2)9-10-25-27(22,23)24)7-8-14(12)19-20-17-18-15-5-3-4-6-16(15)26-17/h3-8,11H,9-10H2,1-2H3,(H,22,23,24). The van der Waals surface area contributed by atoms with Crippen LogP contribution in [0.3, 0.4) is 0 Å². The minimum absolute atomic E-state index is 0.145. The van der Waals surface area contributed by atoms with Crippen molar-refractivity contribution < 1.29 is 17.2 Å². The number of nitrogens with zero attached hydrogens (tertiary/aromatic N) is 4. The van der Waals surface area contributed by atoms with E-state index in [1.54, 1.807) is 7.05 Å². The van der Waals surface area contributed by atoms with Crippen LogP contribution in [-0.4, -0.2) is 38.2 Å². The van der Waals surface area contributed by atoms with E-state index in [9.17, 15) is 8.42 Å². The van der Waals surface area contributed by atoms with Crippen LogP contribution in [0.4, 0.5) is 16.5 Å². The van der Waals surface area contributed by atoms with Gasteiger partial charge in [0.2, 0.25) is 5.13 Å². The second kappa shape index (κ2) is 8.09. The molecule has 3 rings (SSSR count). The SMILES string of the molecule is Cc1cc(N(C)CCOS(=O)(=O)O)ccc1N=Nc1nc2ccccc2s1. The van der Waals surface area contributed by atoms with Crippen molar-refractivity contribution in [1.82, 2.24) is 4.98 Å². The monoisotopic (exact) mass is 406 g/mol. The fourth-order valence-electron chi connectivity index (χ4n) is 2.40. The van der Waals surface area contributed by atoms with Gasteiger partial charge in [-0.3, -0.25) is 4.55 Å². The Morgan fingerprint density at radius 2 is 2.00 bits per heavy atom. The fourth-order valence-corrected chi connectivity index (χ4v) is 3.47. The highest BCUT2D eigenvalue weighted by molar-refractivity contribution is 7.80. The van der Waals surface area contributed by atoms with Gasteiger partial charge in [-0.2, -0.15) is 8.42 Å². The van der Waals surface area contributed by atoms with Gasteiger partial charge < -0.3 is 4.90 Å². The molecule has 0 unspecified atom stereocenters. The summed E-state index contributed by atoms with van der Waals surface area (Å²) in [7, 11) is -2.62. The Labute approximate surface area is 161 Å². The maximum Gasteiger partial charge on any atom is 0.397 e. The molecule has 1 N–H and O–H groups in total. The number of hydrogen-bond acceptors (Lipinski definition) is 8. The summed E-state index contributed by atoms with van der Waals surface area (Å²) in [5.41, 5.74) is 3.41. The molecule has 0 spiro atoms. The number of para-hydroxylation sites is 1. The molecular formula is C17H18N4O4S2. The zero-order chi connectivity index (χ0) is 19.4. The topological polar surface area (TPSA) is 104 Å². The molecule has 3 aromatic rings. The van der Waals surface area contributed by atoms with E-state index in [-0.39, 0.29) is 6.61 Å². The highest BCUT2D eigenvalue weighted by Crippen LogP contribution is 2.30.